The van der Waals surface area contributed by atoms with Gasteiger partial charge in [-0.2, -0.15) is 0 Å². The van der Waals surface area contributed by atoms with Gasteiger partial charge in [0.15, 0.2) is 0 Å². The topological polar surface area (TPSA) is 38.3 Å². The van der Waals surface area contributed by atoms with E-state index in [0.717, 1.165) is 36.0 Å². The predicted molar refractivity (Wildman–Crippen MR) is 79.7 cm³/mol. The average molecular weight is 326 g/mol. The molecule has 1 aliphatic rings. The SMILES string of the molecule is CC(CCBr)CNC(=O)C1COc2ccccc2C1. The molecule has 1 aromatic carbocycles. The van der Waals surface area contributed by atoms with Gasteiger partial charge in [-0.15, -0.1) is 0 Å². The number of alkyl halides is 1. The maximum Gasteiger partial charge on any atom is 0.226 e. The maximum absolute atomic E-state index is 12.1. The van der Waals surface area contributed by atoms with Crippen LogP contribution in [0, 0.1) is 11.8 Å². The van der Waals surface area contributed by atoms with Gasteiger partial charge in [0.25, 0.3) is 0 Å². The Kier molecular flexibility index (Phi) is 5.25. The Bertz CT molecular complexity index is 436. The minimum atomic E-state index is -0.0638. The van der Waals surface area contributed by atoms with Crippen molar-refractivity contribution in [2.75, 3.05) is 18.5 Å². The molecular formula is C15H20BrNO2. The number of halogens is 1. The molecule has 3 nitrogen and oxygen atoms in total. The number of hydrogen-bond donors (Lipinski definition) is 1. The van der Waals surface area contributed by atoms with Crippen LogP contribution < -0.4 is 10.1 Å². The molecule has 1 amide bonds. The third-order valence-electron chi connectivity index (χ3n) is 3.48. The number of amides is 1. The van der Waals surface area contributed by atoms with Crippen LogP contribution >= 0.6 is 15.9 Å². The molecule has 2 rings (SSSR count). The van der Waals surface area contributed by atoms with Gasteiger partial charge in [-0.1, -0.05) is 41.1 Å². The third kappa shape index (κ3) is 3.96. The number of fused-ring (bicyclic) bond motifs is 1. The molecule has 1 aromatic rings. The molecule has 2 atom stereocenters. The molecule has 19 heavy (non-hydrogen) atoms. The molecule has 0 aliphatic carbocycles. The Hall–Kier alpha value is -1.03. The van der Waals surface area contributed by atoms with Crippen molar-refractivity contribution >= 4 is 21.8 Å². The minimum Gasteiger partial charge on any atom is -0.492 e. The van der Waals surface area contributed by atoms with Crippen molar-refractivity contribution in [3.8, 4) is 5.75 Å². The molecule has 0 radical (unpaired) electrons. The van der Waals surface area contributed by atoms with Crippen LogP contribution in [0.5, 0.6) is 5.75 Å². The average Bonchev–Trinajstić information content (AvgIpc) is 2.44. The van der Waals surface area contributed by atoms with Crippen LogP contribution in [0.2, 0.25) is 0 Å². The number of ether oxygens (including phenoxy) is 1. The molecule has 2 unspecified atom stereocenters. The fraction of sp³-hybridized carbons (Fsp3) is 0.533. The van der Waals surface area contributed by atoms with E-state index < -0.39 is 0 Å². The number of carbonyl (C=O) groups excluding carboxylic acids is 1. The molecule has 0 fully saturated rings. The second kappa shape index (κ2) is 6.94. The second-order valence-corrected chi connectivity index (χ2v) is 5.94. The lowest BCUT2D eigenvalue weighted by Crippen LogP contribution is -2.39. The molecule has 1 N–H and O–H groups in total. The summed E-state index contributed by atoms with van der Waals surface area (Å²) in [6.45, 7) is 3.37. The zero-order valence-electron chi connectivity index (χ0n) is 11.2. The second-order valence-electron chi connectivity index (χ2n) is 5.15. The van der Waals surface area contributed by atoms with E-state index in [0.29, 0.717) is 12.5 Å². The lowest BCUT2D eigenvalue weighted by molar-refractivity contribution is -0.126. The van der Waals surface area contributed by atoms with Crippen molar-refractivity contribution in [1.29, 1.82) is 0 Å². The molecule has 1 heterocycles. The van der Waals surface area contributed by atoms with Gasteiger partial charge in [0.2, 0.25) is 5.91 Å². The zero-order chi connectivity index (χ0) is 13.7. The summed E-state index contributed by atoms with van der Waals surface area (Å²) in [5, 5.41) is 4.00. The van der Waals surface area contributed by atoms with Gasteiger partial charge >= 0.3 is 0 Å². The molecule has 0 bridgehead atoms. The van der Waals surface area contributed by atoms with Crippen molar-refractivity contribution < 1.29 is 9.53 Å². The van der Waals surface area contributed by atoms with E-state index in [2.05, 4.69) is 28.2 Å². The number of rotatable bonds is 5. The number of hydrogen-bond acceptors (Lipinski definition) is 2. The van der Waals surface area contributed by atoms with E-state index in [1.54, 1.807) is 0 Å². The van der Waals surface area contributed by atoms with Crippen molar-refractivity contribution in [1.82, 2.24) is 5.32 Å². The normalized spacial score (nSPS) is 19.2. The van der Waals surface area contributed by atoms with Gasteiger partial charge in [0.05, 0.1) is 5.92 Å². The van der Waals surface area contributed by atoms with Gasteiger partial charge in [-0.25, -0.2) is 0 Å². The predicted octanol–water partition coefficient (Wildman–Crippen LogP) is 2.78. The molecule has 0 saturated heterocycles. The first kappa shape index (κ1) is 14.4. The van der Waals surface area contributed by atoms with Crippen LogP contribution in [-0.4, -0.2) is 24.4 Å². The first-order valence-electron chi connectivity index (χ1n) is 6.75. The Morgan fingerprint density at radius 1 is 1.53 bits per heavy atom. The first-order chi connectivity index (χ1) is 9.20. The molecule has 0 aromatic heterocycles. The third-order valence-corrected chi connectivity index (χ3v) is 3.93. The highest BCUT2D eigenvalue weighted by atomic mass is 79.9. The zero-order valence-corrected chi connectivity index (χ0v) is 12.8. The van der Waals surface area contributed by atoms with Gasteiger partial charge in [-0.05, 0) is 30.4 Å². The fourth-order valence-corrected chi connectivity index (χ4v) is 2.99. The first-order valence-corrected chi connectivity index (χ1v) is 7.87. The maximum atomic E-state index is 12.1. The lowest BCUT2D eigenvalue weighted by Gasteiger charge is -2.25. The summed E-state index contributed by atoms with van der Waals surface area (Å²) in [6, 6.07) is 7.94. The van der Waals surface area contributed by atoms with Crippen LogP contribution in [0.1, 0.15) is 18.9 Å². The highest BCUT2D eigenvalue weighted by Crippen LogP contribution is 2.26. The summed E-state index contributed by atoms with van der Waals surface area (Å²) in [5.74, 6) is 1.46. The number of benzene rings is 1. The van der Waals surface area contributed by atoms with Crippen LogP contribution in [0.25, 0.3) is 0 Å². The van der Waals surface area contributed by atoms with E-state index in [-0.39, 0.29) is 11.8 Å². The van der Waals surface area contributed by atoms with Crippen LogP contribution in [0.3, 0.4) is 0 Å². The Morgan fingerprint density at radius 3 is 3.11 bits per heavy atom. The van der Waals surface area contributed by atoms with E-state index >= 15 is 0 Å². The number of carbonyl (C=O) groups is 1. The minimum absolute atomic E-state index is 0.0638. The van der Waals surface area contributed by atoms with Crippen molar-refractivity contribution in [2.45, 2.75) is 19.8 Å². The molecule has 4 heteroatoms. The summed E-state index contributed by atoms with van der Waals surface area (Å²) in [7, 11) is 0. The van der Waals surface area contributed by atoms with E-state index in [1.165, 1.54) is 0 Å². The number of para-hydroxylation sites is 1. The molecular weight excluding hydrogens is 306 g/mol. The van der Waals surface area contributed by atoms with Crippen LogP contribution in [0.4, 0.5) is 0 Å². The van der Waals surface area contributed by atoms with Crippen LogP contribution in [-0.2, 0) is 11.2 Å². The van der Waals surface area contributed by atoms with Crippen molar-refractivity contribution in [3.05, 3.63) is 29.8 Å². The summed E-state index contributed by atoms with van der Waals surface area (Å²) in [5.41, 5.74) is 1.13. The number of nitrogens with one attached hydrogen (secondary N) is 1. The molecule has 104 valence electrons. The summed E-state index contributed by atoms with van der Waals surface area (Å²) < 4.78 is 5.64. The van der Waals surface area contributed by atoms with Crippen molar-refractivity contribution in [2.24, 2.45) is 11.8 Å². The largest absolute Gasteiger partial charge is 0.492 e. The fourth-order valence-electron chi connectivity index (χ4n) is 2.20. The van der Waals surface area contributed by atoms with E-state index in [1.807, 2.05) is 24.3 Å². The molecule has 0 spiro atoms. The van der Waals surface area contributed by atoms with Gasteiger partial charge < -0.3 is 10.1 Å². The Labute approximate surface area is 122 Å². The van der Waals surface area contributed by atoms with Gasteiger partial charge in [0, 0.05) is 11.9 Å². The summed E-state index contributed by atoms with van der Waals surface area (Å²) in [6.07, 6.45) is 1.85. The van der Waals surface area contributed by atoms with Crippen molar-refractivity contribution in [3.63, 3.8) is 0 Å². The van der Waals surface area contributed by atoms with Crippen LogP contribution in [0.15, 0.2) is 24.3 Å². The Balaban J connectivity index is 1.85. The summed E-state index contributed by atoms with van der Waals surface area (Å²) in [4.78, 5) is 12.1. The highest BCUT2D eigenvalue weighted by molar-refractivity contribution is 9.09. The highest BCUT2D eigenvalue weighted by Gasteiger charge is 2.25. The standard InChI is InChI=1S/C15H20BrNO2/c1-11(6-7-16)9-17-15(18)13-8-12-4-2-3-5-14(12)19-10-13/h2-5,11,13H,6-10H2,1H3,(H,17,18). The van der Waals surface area contributed by atoms with Gasteiger partial charge in [-0.3, -0.25) is 4.79 Å². The molecule has 0 saturated carbocycles. The Morgan fingerprint density at radius 2 is 2.32 bits per heavy atom. The van der Waals surface area contributed by atoms with Gasteiger partial charge in [0.1, 0.15) is 12.4 Å². The monoisotopic (exact) mass is 325 g/mol. The van der Waals surface area contributed by atoms with E-state index in [9.17, 15) is 4.79 Å². The lowest BCUT2D eigenvalue weighted by atomic mass is 9.96. The quantitative estimate of drug-likeness (QED) is 0.845. The molecule has 1 aliphatic heterocycles. The van der Waals surface area contributed by atoms with E-state index in [4.69, 9.17) is 4.74 Å². The summed E-state index contributed by atoms with van der Waals surface area (Å²) >= 11 is 3.42. The smallest absolute Gasteiger partial charge is 0.226 e.